The van der Waals surface area contributed by atoms with E-state index in [1.54, 1.807) is 6.92 Å². The monoisotopic (exact) mass is 350 g/mol. The molecule has 1 saturated carbocycles. The summed E-state index contributed by atoms with van der Waals surface area (Å²) in [5.41, 5.74) is -0.0909. The maximum Gasteiger partial charge on any atom is 0.254 e. The second-order valence-corrected chi connectivity index (χ2v) is 7.74. The van der Waals surface area contributed by atoms with E-state index in [1.807, 2.05) is 0 Å². The highest BCUT2D eigenvalue weighted by Gasteiger charge is 2.52. The second-order valence-electron chi connectivity index (χ2n) is 6.73. The molecule has 1 aromatic carbocycles. The van der Waals surface area contributed by atoms with Crippen LogP contribution in [0.15, 0.2) is 28.2 Å². The van der Waals surface area contributed by atoms with Crippen molar-refractivity contribution in [1.29, 1.82) is 0 Å². The van der Waals surface area contributed by atoms with E-state index >= 15 is 0 Å². The van der Waals surface area contributed by atoms with Gasteiger partial charge in [0.25, 0.3) is 5.56 Å². The van der Waals surface area contributed by atoms with E-state index in [2.05, 4.69) is 23.8 Å². The molecule has 6 heteroatoms. The lowest BCUT2D eigenvalue weighted by molar-refractivity contribution is 0.530. The Morgan fingerprint density at radius 1 is 1.29 bits per heavy atom. The van der Waals surface area contributed by atoms with E-state index in [0.29, 0.717) is 35.2 Å². The standard InChI is InChI=1S/C18H20F2N2OS/c1-10(2)9-24-17-21-15(11(3)16(23)22-17)18(7-8-18)14-12(19)5-4-6-13(14)20/h4-6,10H,7-9H2,1-3H3,(H,21,22,23). The van der Waals surface area contributed by atoms with Crippen molar-refractivity contribution in [3.63, 3.8) is 0 Å². The molecule has 0 atom stereocenters. The van der Waals surface area contributed by atoms with Gasteiger partial charge < -0.3 is 4.98 Å². The average molecular weight is 350 g/mol. The normalized spacial score (nSPS) is 15.8. The van der Waals surface area contributed by atoms with Crippen LogP contribution in [0.4, 0.5) is 8.78 Å². The van der Waals surface area contributed by atoms with Gasteiger partial charge in [-0.15, -0.1) is 0 Å². The summed E-state index contributed by atoms with van der Waals surface area (Å²) >= 11 is 1.46. The molecule has 0 aliphatic heterocycles. The first-order valence-electron chi connectivity index (χ1n) is 8.04. The van der Waals surface area contributed by atoms with Gasteiger partial charge in [-0.05, 0) is 37.8 Å². The van der Waals surface area contributed by atoms with E-state index in [-0.39, 0.29) is 11.1 Å². The number of H-pyrrole nitrogens is 1. The largest absolute Gasteiger partial charge is 0.301 e. The number of hydrogen-bond donors (Lipinski definition) is 1. The molecule has 0 spiro atoms. The van der Waals surface area contributed by atoms with Crippen molar-refractivity contribution < 1.29 is 8.78 Å². The molecule has 128 valence electrons. The van der Waals surface area contributed by atoms with Crippen LogP contribution in [0.5, 0.6) is 0 Å². The predicted octanol–water partition coefficient (Wildman–Crippen LogP) is 4.18. The summed E-state index contributed by atoms with van der Waals surface area (Å²) < 4.78 is 28.6. The zero-order valence-corrected chi connectivity index (χ0v) is 14.8. The van der Waals surface area contributed by atoms with E-state index in [0.717, 1.165) is 5.75 Å². The first-order valence-corrected chi connectivity index (χ1v) is 9.02. The Bertz CT molecular complexity index is 808. The molecule has 0 unspecified atom stereocenters. The quantitative estimate of drug-likeness (QED) is 0.650. The molecule has 1 heterocycles. The predicted molar refractivity (Wildman–Crippen MR) is 91.5 cm³/mol. The van der Waals surface area contributed by atoms with E-state index in [9.17, 15) is 13.6 Å². The lowest BCUT2D eigenvalue weighted by Crippen LogP contribution is -2.24. The third-order valence-corrected chi connectivity index (χ3v) is 5.63. The number of thioether (sulfide) groups is 1. The Balaban J connectivity index is 2.10. The van der Waals surface area contributed by atoms with Gasteiger partial charge in [-0.2, -0.15) is 0 Å². The molecule has 3 rings (SSSR count). The van der Waals surface area contributed by atoms with Crippen LogP contribution in [-0.4, -0.2) is 15.7 Å². The fourth-order valence-electron chi connectivity index (χ4n) is 2.98. The summed E-state index contributed by atoms with van der Waals surface area (Å²) in [7, 11) is 0. The third-order valence-electron chi connectivity index (χ3n) is 4.33. The minimum absolute atomic E-state index is 0.0333. The molecule has 3 nitrogen and oxygen atoms in total. The first kappa shape index (κ1) is 17.1. The maximum absolute atomic E-state index is 14.3. The number of rotatable bonds is 5. The Hall–Kier alpha value is -1.69. The van der Waals surface area contributed by atoms with Crippen LogP contribution in [0, 0.1) is 24.5 Å². The molecule has 2 aromatic rings. The van der Waals surface area contributed by atoms with Crippen LogP contribution in [0.3, 0.4) is 0 Å². The summed E-state index contributed by atoms with van der Waals surface area (Å²) in [5.74, 6) is 0.103. The number of nitrogens with zero attached hydrogens (tertiary/aromatic N) is 1. The van der Waals surface area contributed by atoms with Crippen LogP contribution in [0.25, 0.3) is 0 Å². The SMILES string of the molecule is Cc1c(C2(c3c(F)cccc3F)CC2)nc(SCC(C)C)[nH]c1=O. The fraction of sp³-hybridized carbons (Fsp3) is 0.444. The van der Waals surface area contributed by atoms with E-state index in [1.165, 1.54) is 30.0 Å². The Morgan fingerprint density at radius 3 is 2.46 bits per heavy atom. The van der Waals surface area contributed by atoms with Gasteiger partial charge in [-0.1, -0.05) is 31.7 Å². The molecule has 1 N–H and O–H groups in total. The molecule has 0 radical (unpaired) electrons. The Labute approximate surface area is 143 Å². The summed E-state index contributed by atoms with van der Waals surface area (Å²) in [6.45, 7) is 5.82. The topological polar surface area (TPSA) is 45.8 Å². The van der Waals surface area contributed by atoms with Gasteiger partial charge in [0, 0.05) is 22.3 Å². The van der Waals surface area contributed by atoms with Gasteiger partial charge in [-0.3, -0.25) is 4.79 Å². The van der Waals surface area contributed by atoms with Crippen molar-refractivity contribution in [3.05, 3.63) is 57.0 Å². The van der Waals surface area contributed by atoms with Crippen molar-refractivity contribution in [2.24, 2.45) is 5.92 Å². The van der Waals surface area contributed by atoms with Crippen LogP contribution in [-0.2, 0) is 5.41 Å². The van der Waals surface area contributed by atoms with Gasteiger partial charge in [0.1, 0.15) is 11.6 Å². The highest BCUT2D eigenvalue weighted by Crippen LogP contribution is 2.54. The number of halogens is 2. The van der Waals surface area contributed by atoms with Crippen LogP contribution < -0.4 is 5.56 Å². The Morgan fingerprint density at radius 2 is 1.92 bits per heavy atom. The molecule has 24 heavy (non-hydrogen) atoms. The lowest BCUT2D eigenvalue weighted by atomic mass is 9.89. The highest BCUT2D eigenvalue weighted by atomic mass is 32.2. The van der Waals surface area contributed by atoms with E-state index in [4.69, 9.17) is 0 Å². The maximum atomic E-state index is 14.3. The molecule has 0 saturated heterocycles. The zero-order valence-electron chi connectivity index (χ0n) is 14.0. The van der Waals surface area contributed by atoms with Gasteiger partial charge in [0.15, 0.2) is 5.16 Å². The molecule has 0 bridgehead atoms. The molecular weight excluding hydrogens is 330 g/mol. The first-order chi connectivity index (χ1) is 11.3. The van der Waals surface area contributed by atoms with Crippen molar-refractivity contribution in [1.82, 2.24) is 9.97 Å². The van der Waals surface area contributed by atoms with Crippen molar-refractivity contribution in [2.75, 3.05) is 5.75 Å². The minimum atomic E-state index is -0.819. The second kappa shape index (κ2) is 6.31. The van der Waals surface area contributed by atoms with Gasteiger partial charge in [-0.25, -0.2) is 13.8 Å². The molecule has 1 aromatic heterocycles. The van der Waals surface area contributed by atoms with Crippen molar-refractivity contribution in [3.8, 4) is 0 Å². The van der Waals surface area contributed by atoms with Crippen LogP contribution in [0.2, 0.25) is 0 Å². The van der Waals surface area contributed by atoms with Gasteiger partial charge in [0.2, 0.25) is 0 Å². The average Bonchev–Trinajstić information content (AvgIpc) is 3.29. The number of aromatic amines is 1. The molecule has 0 amide bonds. The van der Waals surface area contributed by atoms with Gasteiger partial charge in [0.05, 0.1) is 5.69 Å². The number of nitrogens with one attached hydrogen (secondary N) is 1. The smallest absolute Gasteiger partial charge is 0.254 e. The minimum Gasteiger partial charge on any atom is -0.301 e. The molecular formula is C18H20F2N2OS. The summed E-state index contributed by atoms with van der Waals surface area (Å²) in [4.78, 5) is 19.6. The third kappa shape index (κ3) is 2.99. The molecule has 1 aliphatic carbocycles. The van der Waals surface area contributed by atoms with E-state index < -0.39 is 17.0 Å². The number of benzene rings is 1. The zero-order chi connectivity index (χ0) is 17.5. The molecule has 1 fully saturated rings. The van der Waals surface area contributed by atoms with Crippen LogP contribution in [0.1, 0.15) is 43.5 Å². The Kier molecular flexibility index (Phi) is 4.51. The fourth-order valence-corrected chi connectivity index (χ4v) is 3.79. The number of hydrogen-bond acceptors (Lipinski definition) is 3. The summed E-state index contributed by atoms with van der Waals surface area (Å²) in [6, 6.07) is 3.87. The molecule has 1 aliphatic rings. The lowest BCUT2D eigenvalue weighted by Gasteiger charge is -2.19. The van der Waals surface area contributed by atoms with Crippen molar-refractivity contribution >= 4 is 11.8 Å². The summed E-state index contributed by atoms with van der Waals surface area (Å²) in [5, 5.41) is 0.511. The highest BCUT2D eigenvalue weighted by molar-refractivity contribution is 7.99. The van der Waals surface area contributed by atoms with Crippen molar-refractivity contribution in [2.45, 2.75) is 44.2 Å². The number of aromatic nitrogens is 2. The van der Waals surface area contributed by atoms with Gasteiger partial charge >= 0.3 is 0 Å². The summed E-state index contributed by atoms with van der Waals surface area (Å²) in [6.07, 6.45) is 1.19. The van der Waals surface area contributed by atoms with Crippen LogP contribution >= 0.6 is 11.8 Å².